The first kappa shape index (κ1) is 15.4. The maximum Gasteiger partial charge on any atom is 0.224 e. The lowest BCUT2D eigenvalue weighted by molar-refractivity contribution is -0.132. The van der Waals surface area contributed by atoms with Crippen LogP contribution in [-0.2, 0) is 4.79 Å². The number of rotatable bonds is 8. The van der Waals surface area contributed by atoms with Crippen molar-refractivity contribution in [3.05, 3.63) is 0 Å². The van der Waals surface area contributed by atoms with Gasteiger partial charge in [0.05, 0.1) is 0 Å². The van der Waals surface area contributed by atoms with Gasteiger partial charge in [-0.15, -0.1) is 0 Å². The monoisotopic (exact) mass is 228 g/mol. The highest BCUT2D eigenvalue weighted by molar-refractivity contribution is 5.76. The van der Waals surface area contributed by atoms with Gasteiger partial charge in [0.2, 0.25) is 5.91 Å². The molecule has 3 nitrogen and oxygen atoms in total. The van der Waals surface area contributed by atoms with Crippen LogP contribution >= 0.6 is 0 Å². The second-order valence-corrected chi connectivity index (χ2v) is 4.61. The van der Waals surface area contributed by atoms with Gasteiger partial charge in [-0.3, -0.25) is 4.79 Å². The summed E-state index contributed by atoms with van der Waals surface area (Å²) in [5.74, 6) is 0.870. The molecular formula is C13H28N2O. The maximum atomic E-state index is 12.0. The SMILES string of the molecule is CCNC(C)CC(=O)N(CC)CC(C)CC. The van der Waals surface area contributed by atoms with E-state index in [4.69, 9.17) is 0 Å². The molecule has 3 heteroatoms. The minimum atomic E-state index is 0.274. The normalized spacial score (nSPS) is 14.6. The minimum absolute atomic E-state index is 0.274. The Hall–Kier alpha value is -0.570. The first-order valence-corrected chi connectivity index (χ1v) is 6.56. The lowest BCUT2D eigenvalue weighted by Gasteiger charge is -2.25. The van der Waals surface area contributed by atoms with Crippen molar-refractivity contribution in [3.63, 3.8) is 0 Å². The van der Waals surface area contributed by atoms with Crippen molar-refractivity contribution in [2.24, 2.45) is 5.92 Å². The average Bonchev–Trinajstić information content (AvgIpc) is 2.25. The molecule has 0 heterocycles. The third-order valence-electron chi connectivity index (χ3n) is 3.00. The molecule has 0 saturated carbocycles. The van der Waals surface area contributed by atoms with Crippen LogP contribution in [0, 0.1) is 5.92 Å². The number of hydrogen-bond donors (Lipinski definition) is 1. The Morgan fingerprint density at radius 1 is 1.25 bits per heavy atom. The van der Waals surface area contributed by atoms with Crippen LogP contribution in [0.4, 0.5) is 0 Å². The fourth-order valence-corrected chi connectivity index (χ4v) is 1.72. The second-order valence-electron chi connectivity index (χ2n) is 4.61. The predicted octanol–water partition coefficient (Wildman–Crippen LogP) is 2.27. The van der Waals surface area contributed by atoms with E-state index in [1.54, 1.807) is 0 Å². The third-order valence-corrected chi connectivity index (χ3v) is 3.00. The highest BCUT2D eigenvalue weighted by atomic mass is 16.2. The summed E-state index contributed by atoms with van der Waals surface area (Å²) in [6.45, 7) is 13.2. The number of nitrogens with one attached hydrogen (secondary N) is 1. The van der Waals surface area contributed by atoms with E-state index >= 15 is 0 Å². The van der Waals surface area contributed by atoms with Gasteiger partial charge in [0.15, 0.2) is 0 Å². The Morgan fingerprint density at radius 2 is 1.88 bits per heavy atom. The molecule has 0 spiro atoms. The molecule has 16 heavy (non-hydrogen) atoms. The number of carbonyl (C=O) groups is 1. The summed E-state index contributed by atoms with van der Waals surface area (Å²) in [4.78, 5) is 14.0. The molecular weight excluding hydrogens is 200 g/mol. The van der Waals surface area contributed by atoms with Crippen molar-refractivity contribution in [1.29, 1.82) is 0 Å². The zero-order chi connectivity index (χ0) is 12.6. The van der Waals surface area contributed by atoms with Crippen LogP contribution in [0.25, 0.3) is 0 Å². The van der Waals surface area contributed by atoms with Gasteiger partial charge in [0.25, 0.3) is 0 Å². The predicted molar refractivity (Wildman–Crippen MR) is 69.5 cm³/mol. The molecule has 0 radical (unpaired) electrons. The van der Waals surface area contributed by atoms with Gasteiger partial charge in [-0.2, -0.15) is 0 Å². The quantitative estimate of drug-likeness (QED) is 0.691. The van der Waals surface area contributed by atoms with Crippen molar-refractivity contribution in [3.8, 4) is 0 Å². The van der Waals surface area contributed by atoms with E-state index in [9.17, 15) is 4.79 Å². The zero-order valence-corrected chi connectivity index (χ0v) is 11.5. The van der Waals surface area contributed by atoms with E-state index in [0.717, 1.165) is 26.1 Å². The van der Waals surface area contributed by atoms with Crippen LogP contribution in [0.15, 0.2) is 0 Å². The van der Waals surface area contributed by atoms with Crippen LogP contribution < -0.4 is 5.32 Å². The van der Waals surface area contributed by atoms with Crippen molar-refractivity contribution < 1.29 is 4.79 Å². The first-order chi connectivity index (χ1) is 7.54. The van der Waals surface area contributed by atoms with Gasteiger partial charge < -0.3 is 10.2 Å². The van der Waals surface area contributed by atoms with E-state index in [1.165, 1.54) is 0 Å². The summed E-state index contributed by atoms with van der Waals surface area (Å²) in [6, 6.07) is 0.281. The van der Waals surface area contributed by atoms with Gasteiger partial charge in [0.1, 0.15) is 0 Å². The van der Waals surface area contributed by atoms with Crippen molar-refractivity contribution in [2.75, 3.05) is 19.6 Å². The van der Waals surface area contributed by atoms with Crippen LogP contribution in [0.3, 0.4) is 0 Å². The van der Waals surface area contributed by atoms with Crippen LogP contribution in [0.2, 0.25) is 0 Å². The Bertz CT molecular complexity index is 194. The molecule has 0 aromatic rings. The highest BCUT2D eigenvalue weighted by Gasteiger charge is 2.16. The molecule has 0 fully saturated rings. The van der Waals surface area contributed by atoms with Gasteiger partial charge in [-0.05, 0) is 26.3 Å². The van der Waals surface area contributed by atoms with Crippen molar-refractivity contribution >= 4 is 5.91 Å². The molecule has 0 aliphatic heterocycles. The Kier molecular flexibility index (Phi) is 8.26. The summed E-state index contributed by atoms with van der Waals surface area (Å²) in [5, 5.41) is 3.28. The average molecular weight is 228 g/mol. The number of nitrogens with zero attached hydrogens (tertiary/aromatic N) is 1. The molecule has 0 aliphatic carbocycles. The molecule has 0 aromatic heterocycles. The first-order valence-electron chi connectivity index (χ1n) is 6.56. The van der Waals surface area contributed by atoms with Crippen LogP contribution in [-0.4, -0.2) is 36.5 Å². The van der Waals surface area contributed by atoms with E-state index in [2.05, 4.69) is 39.9 Å². The lowest BCUT2D eigenvalue weighted by atomic mass is 10.1. The Morgan fingerprint density at radius 3 is 2.31 bits per heavy atom. The molecule has 2 unspecified atom stereocenters. The summed E-state index contributed by atoms with van der Waals surface area (Å²) < 4.78 is 0. The molecule has 1 N–H and O–H groups in total. The summed E-state index contributed by atoms with van der Waals surface area (Å²) >= 11 is 0. The molecule has 0 bridgehead atoms. The zero-order valence-electron chi connectivity index (χ0n) is 11.5. The molecule has 96 valence electrons. The standard InChI is InChI=1S/C13H28N2O/c1-6-11(4)10-15(8-3)13(16)9-12(5)14-7-2/h11-12,14H,6-10H2,1-5H3. The number of carbonyl (C=O) groups excluding carboxylic acids is 1. The van der Waals surface area contributed by atoms with Gasteiger partial charge in [0, 0.05) is 25.6 Å². The Balaban J connectivity index is 4.09. The summed E-state index contributed by atoms with van der Waals surface area (Å²) in [6.07, 6.45) is 1.74. The van der Waals surface area contributed by atoms with E-state index in [-0.39, 0.29) is 11.9 Å². The maximum absolute atomic E-state index is 12.0. The van der Waals surface area contributed by atoms with Gasteiger partial charge >= 0.3 is 0 Å². The second kappa shape index (κ2) is 8.57. The molecule has 0 aliphatic rings. The summed E-state index contributed by atoms with van der Waals surface area (Å²) in [5.41, 5.74) is 0. The van der Waals surface area contributed by atoms with Crippen molar-refractivity contribution in [1.82, 2.24) is 10.2 Å². The molecule has 1 amide bonds. The molecule has 2 atom stereocenters. The topological polar surface area (TPSA) is 32.3 Å². The van der Waals surface area contributed by atoms with Crippen molar-refractivity contribution in [2.45, 2.75) is 53.5 Å². The molecule has 0 saturated heterocycles. The van der Waals surface area contributed by atoms with Crippen LogP contribution in [0.5, 0.6) is 0 Å². The number of amides is 1. The Labute approximate surface area is 101 Å². The lowest BCUT2D eigenvalue weighted by Crippen LogP contribution is -2.38. The van der Waals surface area contributed by atoms with E-state index in [1.807, 2.05) is 4.90 Å². The third kappa shape index (κ3) is 6.11. The largest absolute Gasteiger partial charge is 0.343 e. The fraction of sp³-hybridized carbons (Fsp3) is 0.923. The van der Waals surface area contributed by atoms with E-state index < -0.39 is 0 Å². The highest BCUT2D eigenvalue weighted by Crippen LogP contribution is 2.06. The smallest absolute Gasteiger partial charge is 0.224 e. The van der Waals surface area contributed by atoms with Gasteiger partial charge in [-0.25, -0.2) is 0 Å². The van der Waals surface area contributed by atoms with E-state index in [0.29, 0.717) is 12.3 Å². The van der Waals surface area contributed by atoms with Crippen LogP contribution in [0.1, 0.15) is 47.5 Å². The number of hydrogen-bond acceptors (Lipinski definition) is 2. The van der Waals surface area contributed by atoms with Gasteiger partial charge in [-0.1, -0.05) is 27.2 Å². The minimum Gasteiger partial charge on any atom is -0.343 e. The fourth-order valence-electron chi connectivity index (χ4n) is 1.72. The molecule has 0 rings (SSSR count). The molecule has 0 aromatic carbocycles. The summed E-state index contributed by atoms with van der Waals surface area (Å²) in [7, 11) is 0.